The number of nitrogens with one attached hydrogen (secondary N) is 1. The second-order valence-corrected chi connectivity index (χ2v) is 9.46. The van der Waals surface area contributed by atoms with Crippen LogP contribution in [0.15, 0.2) is 100 Å². The van der Waals surface area contributed by atoms with Crippen molar-refractivity contribution in [3.05, 3.63) is 96.6 Å². The number of rotatable bonds is 7. The molecule has 7 heteroatoms. The summed E-state index contributed by atoms with van der Waals surface area (Å²) < 4.78 is 7.95. The summed E-state index contributed by atoms with van der Waals surface area (Å²) in [6, 6.07) is 29.7. The number of amides is 1. The number of thioether (sulfide) groups is 1. The van der Waals surface area contributed by atoms with Crippen LogP contribution in [0.3, 0.4) is 0 Å². The Labute approximate surface area is 199 Å². The summed E-state index contributed by atoms with van der Waals surface area (Å²) in [6.07, 6.45) is 1.61. The third-order valence-electron chi connectivity index (χ3n) is 4.84. The molecule has 1 heterocycles. The molecule has 1 aromatic heterocycles. The summed E-state index contributed by atoms with van der Waals surface area (Å²) in [7, 11) is 0. The van der Waals surface area contributed by atoms with Crippen LogP contribution in [0.4, 0.5) is 0 Å². The summed E-state index contributed by atoms with van der Waals surface area (Å²) in [5.41, 5.74) is 4.38. The molecule has 0 atom stereocenters. The normalized spacial score (nSPS) is 11.3. The highest BCUT2D eigenvalue weighted by atomic mass is 32.2. The van der Waals surface area contributed by atoms with Gasteiger partial charge in [-0.25, -0.2) is 10.4 Å². The van der Waals surface area contributed by atoms with Gasteiger partial charge in [0.1, 0.15) is 11.5 Å². The van der Waals surface area contributed by atoms with Crippen molar-refractivity contribution in [2.45, 2.75) is 4.34 Å². The molecule has 0 aliphatic heterocycles. The molecule has 1 amide bonds. The van der Waals surface area contributed by atoms with Crippen LogP contribution in [0.25, 0.3) is 21.0 Å². The standard InChI is InChI=1S/C26H19N3O2S2/c30-25(17-32-26-28-23-7-3-4-8-24(23)33-26)29-27-16-18-9-12-21(13-10-18)31-22-14-11-19-5-1-2-6-20(19)15-22/h1-16H,17H2,(H,29,30)/b27-16+. The van der Waals surface area contributed by atoms with E-state index in [-0.39, 0.29) is 11.7 Å². The Morgan fingerprint density at radius 3 is 2.55 bits per heavy atom. The maximum absolute atomic E-state index is 12.1. The quantitative estimate of drug-likeness (QED) is 0.168. The number of hydrazone groups is 1. The molecule has 0 aliphatic carbocycles. The highest BCUT2D eigenvalue weighted by Crippen LogP contribution is 2.29. The minimum atomic E-state index is -0.174. The van der Waals surface area contributed by atoms with Crippen LogP contribution in [0.1, 0.15) is 5.56 Å². The third-order valence-corrected chi connectivity index (χ3v) is 7.02. The van der Waals surface area contributed by atoms with E-state index in [0.29, 0.717) is 0 Å². The molecule has 0 bridgehead atoms. The number of nitrogens with zero attached hydrogens (tertiary/aromatic N) is 2. The number of hydrogen-bond donors (Lipinski definition) is 1. The Balaban J connectivity index is 1.12. The third kappa shape index (κ3) is 5.39. The second-order valence-electron chi connectivity index (χ2n) is 7.21. The zero-order valence-corrected chi connectivity index (χ0v) is 19.1. The van der Waals surface area contributed by atoms with E-state index in [9.17, 15) is 4.79 Å². The van der Waals surface area contributed by atoms with Crippen LogP contribution in [-0.4, -0.2) is 22.9 Å². The van der Waals surface area contributed by atoms with E-state index < -0.39 is 0 Å². The number of aromatic nitrogens is 1. The first-order valence-corrected chi connectivity index (χ1v) is 12.1. The summed E-state index contributed by atoms with van der Waals surface area (Å²) in [4.78, 5) is 16.6. The van der Waals surface area contributed by atoms with Gasteiger partial charge in [-0.3, -0.25) is 4.79 Å². The summed E-state index contributed by atoms with van der Waals surface area (Å²) in [5.74, 6) is 1.61. The fourth-order valence-corrected chi connectivity index (χ4v) is 5.10. The van der Waals surface area contributed by atoms with Gasteiger partial charge in [-0.15, -0.1) is 11.3 Å². The first kappa shape index (κ1) is 21.2. The van der Waals surface area contributed by atoms with Gasteiger partial charge in [0.15, 0.2) is 4.34 Å². The Hall–Kier alpha value is -3.68. The minimum Gasteiger partial charge on any atom is -0.457 e. The van der Waals surface area contributed by atoms with Gasteiger partial charge in [-0.1, -0.05) is 54.2 Å². The van der Waals surface area contributed by atoms with Crippen LogP contribution < -0.4 is 10.2 Å². The van der Waals surface area contributed by atoms with Crippen molar-refractivity contribution in [1.82, 2.24) is 10.4 Å². The lowest BCUT2D eigenvalue weighted by Gasteiger charge is -2.07. The van der Waals surface area contributed by atoms with Crippen molar-refractivity contribution in [3.8, 4) is 11.5 Å². The SMILES string of the molecule is O=C(CSc1nc2ccccc2s1)N/N=C/c1ccc(Oc2ccc3ccccc3c2)cc1. The Morgan fingerprint density at radius 1 is 0.939 bits per heavy atom. The van der Waals surface area contributed by atoms with Gasteiger partial charge < -0.3 is 4.74 Å². The van der Waals surface area contributed by atoms with E-state index in [1.165, 1.54) is 17.1 Å². The molecule has 5 aromatic rings. The van der Waals surface area contributed by atoms with Crippen molar-refractivity contribution in [1.29, 1.82) is 0 Å². The van der Waals surface area contributed by atoms with Crippen molar-refractivity contribution >= 4 is 56.2 Å². The van der Waals surface area contributed by atoms with Crippen molar-refractivity contribution in [3.63, 3.8) is 0 Å². The smallest absolute Gasteiger partial charge is 0.250 e. The molecule has 162 valence electrons. The molecule has 0 saturated heterocycles. The lowest BCUT2D eigenvalue weighted by atomic mass is 10.1. The van der Waals surface area contributed by atoms with Gasteiger partial charge in [0.2, 0.25) is 0 Å². The number of para-hydroxylation sites is 1. The first-order valence-electron chi connectivity index (χ1n) is 10.3. The van der Waals surface area contributed by atoms with E-state index in [4.69, 9.17) is 4.74 Å². The minimum absolute atomic E-state index is 0.174. The molecule has 4 aromatic carbocycles. The number of hydrogen-bond acceptors (Lipinski definition) is 6. The Kier molecular flexibility index (Phi) is 6.32. The molecule has 0 radical (unpaired) electrons. The molecular weight excluding hydrogens is 450 g/mol. The monoisotopic (exact) mass is 469 g/mol. The second kappa shape index (κ2) is 9.85. The van der Waals surface area contributed by atoms with Gasteiger partial charge >= 0.3 is 0 Å². The molecule has 33 heavy (non-hydrogen) atoms. The molecule has 0 aliphatic rings. The zero-order valence-electron chi connectivity index (χ0n) is 17.5. The van der Waals surface area contributed by atoms with E-state index in [2.05, 4.69) is 27.6 Å². The molecular formula is C26H19N3O2S2. The average Bonchev–Trinajstić information content (AvgIpc) is 3.27. The topological polar surface area (TPSA) is 63.6 Å². The number of benzene rings is 4. The summed E-state index contributed by atoms with van der Waals surface area (Å²) in [6.45, 7) is 0. The summed E-state index contributed by atoms with van der Waals surface area (Å²) in [5, 5.41) is 6.36. The summed E-state index contributed by atoms with van der Waals surface area (Å²) >= 11 is 2.99. The fourth-order valence-electron chi connectivity index (χ4n) is 3.24. The Morgan fingerprint density at radius 2 is 1.70 bits per heavy atom. The first-order chi connectivity index (χ1) is 16.2. The maximum Gasteiger partial charge on any atom is 0.250 e. The number of ether oxygens (including phenoxy) is 1. The lowest BCUT2D eigenvalue weighted by Crippen LogP contribution is -2.19. The average molecular weight is 470 g/mol. The largest absolute Gasteiger partial charge is 0.457 e. The van der Waals surface area contributed by atoms with E-state index in [1.54, 1.807) is 17.6 Å². The highest BCUT2D eigenvalue weighted by molar-refractivity contribution is 8.01. The molecule has 5 rings (SSSR count). The van der Waals surface area contributed by atoms with Crippen molar-refractivity contribution < 1.29 is 9.53 Å². The van der Waals surface area contributed by atoms with Crippen LogP contribution in [-0.2, 0) is 4.79 Å². The number of carbonyl (C=O) groups excluding carboxylic acids is 1. The zero-order chi connectivity index (χ0) is 22.5. The van der Waals surface area contributed by atoms with E-state index in [1.807, 2.05) is 78.9 Å². The molecule has 1 N–H and O–H groups in total. The van der Waals surface area contributed by atoms with Gasteiger partial charge in [-0.05, 0) is 64.9 Å². The molecule has 0 spiro atoms. The molecule has 0 fully saturated rings. The van der Waals surface area contributed by atoms with Gasteiger partial charge in [0, 0.05) is 0 Å². The predicted octanol–water partition coefficient (Wildman–Crippen LogP) is 6.48. The Bertz CT molecular complexity index is 1410. The number of thiazole rings is 1. The molecule has 0 unspecified atom stereocenters. The van der Waals surface area contributed by atoms with Gasteiger partial charge in [0.25, 0.3) is 5.91 Å². The van der Waals surface area contributed by atoms with Gasteiger partial charge in [-0.2, -0.15) is 5.10 Å². The van der Waals surface area contributed by atoms with Crippen LogP contribution in [0.2, 0.25) is 0 Å². The van der Waals surface area contributed by atoms with Crippen molar-refractivity contribution in [2.24, 2.45) is 5.10 Å². The predicted molar refractivity (Wildman–Crippen MR) is 137 cm³/mol. The van der Waals surface area contributed by atoms with Crippen molar-refractivity contribution in [2.75, 3.05) is 5.75 Å². The van der Waals surface area contributed by atoms with Crippen LogP contribution in [0.5, 0.6) is 11.5 Å². The highest BCUT2D eigenvalue weighted by Gasteiger charge is 2.07. The lowest BCUT2D eigenvalue weighted by molar-refractivity contribution is -0.118. The molecule has 0 saturated carbocycles. The number of fused-ring (bicyclic) bond motifs is 2. The van der Waals surface area contributed by atoms with Crippen LogP contribution in [0, 0.1) is 0 Å². The molecule has 5 nitrogen and oxygen atoms in total. The van der Waals surface area contributed by atoms with E-state index in [0.717, 1.165) is 37.0 Å². The van der Waals surface area contributed by atoms with Crippen LogP contribution >= 0.6 is 23.1 Å². The van der Waals surface area contributed by atoms with Gasteiger partial charge in [0.05, 0.1) is 22.2 Å². The fraction of sp³-hybridized carbons (Fsp3) is 0.0385. The van der Waals surface area contributed by atoms with E-state index >= 15 is 0 Å². The maximum atomic E-state index is 12.1. The number of carbonyl (C=O) groups is 1.